The minimum Gasteiger partial charge on any atom is -0.271 e. The summed E-state index contributed by atoms with van der Waals surface area (Å²) in [7, 11) is 0. The summed E-state index contributed by atoms with van der Waals surface area (Å²) < 4.78 is 0. The number of hydrazine groups is 1. The van der Waals surface area contributed by atoms with E-state index in [1.165, 1.54) is 31.3 Å². The molecule has 68 valence electrons. The van der Waals surface area contributed by atoms with Crippen LogP contribution in [0.3, 0.4) is 0 Å². The number of hydrogen-bond donors (Lipinski definition) is 2. The van der Waals surface area contributed by atoms with E-state index in [-0.39, 0.29) is 0 Å². The van der Waals surface area contributed by atoms with E-state index in [0.29, 0.717) is 6.04 Å². The van der Waals surface area contributed by atoms with Crippen molar-refractivity contribution in [3.8, 4) is 0 Å². The average molecular weight is 166 g/mol. The summed E-state index contributed by atoms with van der Waals surface area (Å²) in [6.45, 7) is 3.72. The summed E-state index contributed by atoms with van der Waals surface area (Å²) in [5.41, 5.74) is 4.29. The molecule has 0 aromatic rings. The van der Waals surface area contributed by atoms with Gasteiger partial charge in [0.05, 0.1) is 0 Å². The van der Waals surface area contributed by atoms with E-state index < -0.39 is 0 Å². The molecule has 1 aliphatic rings. The number of rotatable bonds is 4. The molecule has 0 aromatic heterocycles. The molecule has 0 amide bonds. The summed E-state index contributed by atoms with van der Waals surface area (Å²) in [6.07, 6.45) is 10.2. The maximum Gasteiger partial charge on any atom is 0.0454 e. The van der Waals surface area contributed by atoms with E-state index >= 15 is 0 Å². The van der Waals surface area contributed by atoms with Gasteiger partial charge < -0.3 is 0 Å². The van der Waals surface area contributed by atoms with Crippen molar-refractivity contribution in [3.63, 3.8) is 0 Å². The van der Waals surface area contributed by atoms with Crippen LogP contribution < -0.4 is 11.3 Å². The number of hydrogen-bond acceptors (Lipinski definition) is 2. The first-order valence-electron chi connectivity index (χ1n) is 4.64. The Morgan fingerprint density at radius 2 is 2.50 bits per heavy atom. The molecule has 1 rings (SSSR count). The van der Waals surface area contributed by atoms with Crippen molar-refractivity contribution in [2.24, 2.45) is 5.84 Å². The van der Waals surface area contributed by atoms with Gasteiger partial charge in [-0.3, -0.25) is 11.3 Å². The van der Waals surface area contributed by atoms with E-state index in [2.05, 4.69) is 18.1 Å². The summed E-state index contributed by atoms with van der Waals surface area (Å²) in [5, 5.41) is 0. The van der Waals surface area contributed by atoms with Crippen molar-refractivity contribution in [2.75, 3.05) is 0 Å². The zero-order chi connectivity index (χ0) is 8.81. The standard InChI is InChI=1S/C10H18N2/c1-2-6-10(12-11)9-7-4-3-5-8-9/h2,7,10,12H,1,3-6,8,11H2. The van der Waals surface area contributed by atoms with Gasteiger partial charge in [-0.25, -0.2) is 0 Å². The lowest BCUT2D eigenvalue weighted by molar-refractivity contribution is 0.549. The van der Waals surface area contributed by atoms with Crippen LogP contribution in [-0.4, -0.2) is 6.04 Å². The normalized spacial score (nSPS) is 19.9. The molecule has 0 fully saturated rings. The molecule has 0 aliphatic heterocycles. The van der Waals surface area contributed by atoms with Gasteiger partial charge in [0.25, 0.3) is 0 Å². The first-order valence-corrected chi connectivity index (χ1v) is 4.64. The van der Waals surface area contributed by atoms with Crippen molar-refractivity contribution in [3.05, 3.63) is 24.3 Å². The highest BCUT2D eigenvalue weighted by molar-refractivity contribution is 5.13. The molecular weight excluding hydrogens is 148 g/mol. The predicted molar refractivity (Wildman–Crippen MR) is 52.5 cm³/mol. The molecule has 0 spiro atoms. The van der Waals surface area contributed by atoms with Crippen LogP contribution in [0.1, 0.15) is 32.1 Å². The smallest absolute Gasteiger partial charge is 0.0454 e. The number of allylic oxidation sites excluding steroid dienone is 1. The summed E-state index contributed by atoms with van der Waals surface area (Å²) >= 11 is 0. The first-order chi connectivity index (χ1) is 5.88. The second-order valence-corrected chi connectivity index (χ2v) is 3.27. The fraction of sp³-hybridized carbons (Fsp3) is 0.600. The van der Waals surface area contributed by atoms with Crippen LogP contribution in [0.15, 0.2) is 24.3 Å². The van der Waals surface area contributed by atoms with E-state index in [0.717, 1.165) is 6.42 Å². The van der Waals surface area contributed by atoms with Crippen LogP contribution in [0, 0.1) is 0 Å². The summed E-state index contributed by atoms with van der Waals surface area (Å²) in [5.74, 6) is 5.45. The van der Waals surface area contributed by atoms with Gasteiger partial charge in [-0.2, -0.15) is 0 Å². The molecule has 1 aliphatic carbocycles. The topological polar surface area (TPSA) is 38.0 Å². The van der Waals surface area contributed by atoms with Gasteiger partial charge >= 0.3 is 0 Å². The second-order valence-electron chi connectivity index (χ2n) is 3.27. The van der Waals surface area contributed by atoms with Gasteiger partial charge in [-0.1, -0.05) is 17.7 Å². The Hall–Kier alpha value is -0.600. The molecule has 0 heterocycles. The lowest BCUT2D eigenvalue weighted by atomic mass is 9.93. The molecular formula is C10H18N2. The maximum absolute atomic E-state index is 5.45. The van der Waals surface area contributed by atoms with Crippen molar-refractivity contribution < 1.29 is 0 Å². The lowest BCUT2D eigenvalue weighted by Crippen LogP contribution is -2.36. The fourth-order valence-corrected chi connectivity index (χ4v) is 1.67. The SMILES string of the molecule is C=CCC(NN)C1=CCCCC1. The van der Waals surface area contributed by atoms with Crippen molar-refractivity contribution in [1.29, 1.82) is 0 Å². The Balaban J connectivity index is 2.50. The molecule has 0 saturated heterocycles. The average Bonchev–Trinajstić information content (AvgIpc) is 2.15. The van der Waals surface area contributed by atoms with E-state index in [1.807, 2.05) is 6.08 Å². The molecule has 1 atom stereocenters. The third kappa shape index (κ3) is 2.47. The van der Waals surface area contributed by atoms with E-state index in [9.17, 15) is 0 Å². The molecule has 12 heavy (non-hydrogen) atoms. The molecule has 3 N–H and O–H groups in total. The van der Waals surface area contributed by atoms with E-state index in [4.69, 9.17) is 5.84 Å². The largest absolute Gasteiger partial charge is 0.271 e. The molecule has 2 heteroatoms. The molecule has 0 saturated carbocycles. The monoisotopic (exact) mass is 166 g/mol. The molecule has 0 aromatic carbocycles. The maximum atomic E-state index is 5.45. The number of nitrogens with one attached hydrogen (secondary N) is 1. The highest BCUT2D eigenvalue weighted by Crippen LogP contribution is 2.21. The van der Waals surface area contributed by atoms with Crippen molar-refractivity contribution in [1.82, 2.24) is 5.43 Å². The zero-order valence-electron chi connectivity index (χ0n) is 7.55. The predicted octanol–water partition coefficient (Wildman–Crippen LogP) is 1.89. The van der Waals surface area contributed by atoms with Crippen LogP contribution in [0.25, 0.3) is 0 Å². The number of nitrogens with two attached hydrogens (primary N) is 1. The molecule has 0 bridgehead atoms. The molecule has 0 radical (unpaired) electrons. The molecule has 1 unspecified atom stereocenters. The van der Waals surface area contributed by atoms with Crippen molar-refractivity contribution in [2.45, 2.75) is 38.1 Å². The summed E-state index contributed by atoms with van der Waals surface area (Å²) in [4.78, 5) is 0. The van der Waals surface area contributed by atoms with Gasteiger partial charge in [0.15, 0.2) is 0 Å². The third-order valence-electron chi connectivity index (χ3n) is 2.38. The van der Waals surface area contributed by atoms with Crippen LogP contribution >= 0.6 is 0 Å². The Labute approximate surface area is 74.5 Å². The highest BCUT2D eigenvalue weighted by atomic mass is 15.2. The van der Waals surface area contributed by atoms with Crippen LogP contribution in [0.5, 0.6) is 0 Å². The lowest BCUT2D eigenvalue weighted by Gasteiger charge is -2.21. The van der Waals surface area contributed by atoms with Gasteiger partial charge in [0.2, 0.25) is 0 Å². The Morgan fingerprint density at radius 3 is 3.00 bits per heavy atom. The van der Waals surface area contributed by atoms with Gasteiger partial charge in [-0.05, 0) is 32.1 Å². The Morgan fingerprint density at radius 1 is 1.67 bits per heavy atom. The minimum absolute atomic E-state index is 0.322. The third-order valence-corrected chi connectivity index (χ3v) is 2.38. The van der Waals surface area contributed by atoms with Gasteiger partial charge in [0, 0.05) is 6.04 Å². The highest BCUT2D eigenvalue weighted by Gasteiger charge is 2.12. The first kappa shape index (κ1) is 9.49. The minimum atomic E-state index is 0.322. The van der Waals surface area contributed by atoms with Gasteiger partial charge in [0.1, 0.15) is 0 Å². The zero-order valence-corrected chi connectivity index (χ0v) is 7.55. The Kier molecular flexibility index (Phi) is 4.05. The quantitative estimate of drug-likeness (QED) is 0.380. The van der Waals surface area contributed by atoms with Crippen LogP contribution in [0.4, 0.5) is 0 Å². The summed E-state index contributed by atoms with van der Waals surface area (Å²) in [6, 6.07) is 0.322. The van der Waals surface area contributed by atoms with Crippen LogP contribution in [0.2, 0.25) is 0 Å². The van der Waals surface area contributed by atoms with E-state index in [1.54, 1.807) is 0 Å². The molecule has 2 nitrogen and oxygen atoms in total. The second kappa shape index (κ2) is 5.12. The van der Waals surface area contributed by atoms with Gasteiger partial charge in [-0.15, -0.1) is 6.58 Å². The Bertz CT molecular complexity index is 173. The van der Waals surface area contributed by atoms with Crippen molar-refractivity contribution >= 4 is 0 Å². The van der Waals surface area contributed by atoms with Crippen LogP contribution in [-0.2, 0) is 0 Å². The fourth-order valence-electron chi connectivity index (χ4n) is 1.67.